The third kappa shape index (κ3) is 2.76. The van der Waals surface area contributed by atoms with Crippen LogP contribution in [-0.4, -0.2) is 15.4 Å². The Bertz CT molecular complexity index is 621. The van der Waals surface area contributed by atoms with E-state index in [1.807, 2.05) is 18.2 Å². The number of aromatic nitrogens is 2. The monoisotopic (exact) mass is 312 g/mol. The quantitative estimate of drug-likeness (QED) is 0.645. The van der Waals surface area contributed by atoms with E-state index in [0.717, 1.165) is 4.47 Å². The predicted molar refractivity (Wildman–Crippen MR) is 73.6 cm³/mol. The Morgan fingerprint density at radius 2 is 2.24 bits per heavy atom. The normalized spacial score (nSPS) is 11.4. The summed E-state index contributed by atoms with van der Waals surface area (Å²) in [6, 6.07) is 5.47. The molecule has 0 amide bonds. The topological polar surface area (TPSA) is 34.9 Å². The molecule has 3 nitrogen and oxygen atoms in total. The average molecular weight is 314 g/mol. The molecule has 0 aliphatic carbocycles. The van der Waals surface area contributed by atoms with Gasteiger partial charge in [0.1, 0.15) is 0 Å². The van der Waals surface area contributed by atoms with Gasteiger partial charge in [0, 0.05) is 16.9 Å². The summed E-state index contributed by atoms with van der Waals surface area (Å²) in [5, 5.41) is 0.612. The van der Waals surface area contributed by atoms with E-state index < -0.39 is 0 Å². The van der Waals surface area contributed by atoms with Crippen LogP contribution >= 0.6 is 27.5 Å². The van der Waals surface area contributed by atoms with Crippen molar-refractivity contribution in [2.24, 2.45) is 0 Å². The molecule has 2 aromatic rings. The third-order valence-corrected chi connectivity index (χ3v) is 3.02. The van der Waals surface area contributed by atoms with Crippen LogP contribution in [0.25, 0.3) is 10.9 Å². The van der Waals surface area contributed by atoms with Gasteiger partial charge >= 0.3 is 0 Å². The maximum atomic E-state index is 12.1. The summed E-state index contributed by atoms with van der Waals surface area (Å²) < 4.78 is 2.43. The van der Waals surface area contributed by atoms with Crippen molar-refractivity contribution in [2.45, 2.75) is 6.54 Å². The van der Waals surface area contributed by atoms with Crippen molar-refractivity contribution in [3.05, 3.63) is 51.5 Å². The van der Waals surface area contributed by atoms with E-state index in [4.69, 9.17) is 11.6 Å². The van der Waals surface area contributed by atoms with E-state index in [1.165, 1.54) is 0 Å². The molecule has 1 aromatic carbocycles. The maximum absolute atomic E-state index is 12.1. The number of allylic oxidation sites excluding steroid dienone is 2. The summed E-state index contributed by atoms with van der Waals surface area (Å²) >= 11 is 8.87. The van der Waals surface area contributed by atoms with Crippen LogP contribution in [0.4, 0.5) is 0 Å². The van der Waals surface area contributed by atoms with Crippen molar-refractivity contribution < 1.29 is 0 Å². The number of halogens is 2. The fourth-order valence-corrected chi connectivity index (χ4v) is 2.00. The Hall–Kier alpha value is -1.13. The van der Waals surface area contributed by atoms with Gasteiger partial charge in [-0.3, -0.25) is 9.36 Å². The molecule has 17 heavy (non-hydrogen) atoms. The standard InChI is InChI=1S/C12H10BrClN2O/c13-9-3-4-11-10(7-9)12(17)16(8-15-11)6-2-1-5-14/h1-4,7-8H,5-6H2. The Labute approximate surface area is 112 Å². The number of rotatable bonds is 3. The van der Waals surface area contributed by atoms with Gasteiger partial charge in [0.05, 0.1) is 17.2 Å². The van der Waals surface area contributed by atoms with Crippen molar-refractivity contribution in [3.63, 3.8) is 0 Å². The van der Waals surface area contributed by atoms with Crippen LogP contribution in [0.1, 0.15) is 0 Å². The van der Waals surface area contributed by atoms with Crippen molar-refractivity contribution in [1.82, 2.24) is 9.55 Å². The first kappa shape index (κ1) is 12.3. The number of nitrogens with zero attached hydrogens (tertiary/aromatic N) is 2. The van der Waals surface area contributed by atoms with E-state index in [-0.39, 0.29) is 5.56 Å². The summed E-state index contributed by atoms with van der Waals surface area (Å²) in [6.07, 6.45) is 5.20. The zero-order valence-corrected chi connectivity index (χ0v) is 11.3. The minimum Gasteiger partial charge on any atom is -0.295 e. The van der Waals surface area contributed by atoms with E-state index in [2.05, 4.69) is 20.9 Å². The van der Waals surface area contributed by atoms with Gasteiger partial charge in [-0.2, -0.15) is 0 Å². The second-order valence-electron chi connectivity index (χ2n) is 3.49. The van der Waals surface area contributed by atoms with E-state index in [9.17, 15) is 4.79 Å². The molecular weight excluding hydrogens is 304 g/mol. The minimum absolute atomic E-state index is 0.0458. The number of hydrogen-bond acceptors (Lipinski definition) is 2. The van der Waals surface area contributed by atoms with Gasteiger partial charge < -0.3 is 0 Å². The molecule has 0 saturated heterocycles. The fraction of sp³-hybridized carbons (Fsp3) is 0.167. The Morgan fingerprint density at radius 1 is 1.41 bits per heavy atom. The van der Waals surface area contributed by atoms with Gasteiger partial charge in [-0.25, -0.2) is 4.98 Å². The van der Waals surface area contributed by atoms with Crippen molar-refractivity contribution in [2.75, 3.05) is 5.88 Å². The highest BCUT2D eigenvalue weighted by Crippen LogP contribution is 2.14. The SMILES string of the molecule is O=c1c2cc(Br)ccc2ncn1CC=CCCl. The van der Waals surface area contributed by atoms with Gasteiger partial charge in [0.15, 0.2) is 0 Å². The van der Waals surface area contributed by atoms with Gasteiger partial charge in [0.2, 0.25) is 0 Å². The first-order chi connectivity index (χ1) is 8.22. The van der Waals surface area contributed by atoms with Crippen LogP contribution < -0.4 is 5.56 Å². The highest BCUT2D eigenvalue weighted by molar-refractivity contribution is 9.10. The summed E-state index contributed by atoms with van der Waals surface area (Å²) in [4.78, 5) is 16.3. The molecule has 0 spiro atoms. The van der Waals surface area contributed by atoms with E-state index in [1.54, 1.807) is 23.0 Å². The molecule has 1 aromatic heterocycles. The lowest BCUT2D eigenvalue weighted by molar-refractivity contribution is 0.766. The van der Waals surface area contributed by atoms with Gasteiger partial charge in [-0.1, -0.05) is 28.1 Å². The van der Waals surface area contributed by atoms with Crippen LogP contribution in [0.15, 0.2) is 45.9 Å². The molecule has 0 radical (unpaired) electrons. The first-order valence-electron chi connectivity index (χ1n) is 5.08. The zero-order chi connectivity index (χ0) is 12.3. The van der Waals surface area contributed by atoms with Crippen LogP contribution in [0, 0.1) is 0 Å². The lowest BCUT2D eigenvalue weighted by atomic mass is 10.2. The van der Waals surface area contributed by atoms with Crippen LogP contribution in [0.3, 0.4) is 0 Å². The summed E-state index contributed by atoms with van der Waals surface area (Å²) in [5.74, 6) is 0.446. The third-order valence-electron chi connectivity index (χ3n) is 2.34. The highest BCUT2D eigenvalue weighted by Gasteiger charge is 2.03. The molecule has 0 saturated carbocycles. The summed E-state index contributed by atoms with van der Waals surface area (Å²) in [6.45, 7) is 0.487. The molecule has 0 aliphatic rings. The summed E-state index contributed by atoms with van der Waals surface area (Å²) in [5.41, 5.74) is 0.659. The number of fused-ring (bicyclic) bond motifs is 1. The van der Waals surface area contributed by atoms with Crippen LogP contribution in [0.2, 0.25) is 0 Å². The second kappa shape index (κ2) is 5.47. The number of hydrogen-bond donors (Lipinski definition) is 0. The maximum Gasteiger partial charge on any atom is 0.261 e. The highest BCUT2D eigenvalue weighted by atomic mass is 79.9. The molecule has 88 valence electrons. The van der Waals surface area contributed by atoms with Gasteiger partial charge in [-0.15, -0.1) is 11.6 Å². The number of benzene rings is 1. The fourth-order valence-electron chi connectivity index (χ4n) is 1.51. The molecular formula is C12H10BrClN2O. The Balaban J connectivity index is 2.49. The molecule has 0 atom stereocenters. The zero-order valence-electron chi connectivity index (χ0n) is 8.94. The molecule has 0 unspecified atom stereocenters. The van der Waals surface area contributed by atoms with Gasteiger partial charge in [0.25, 0.3) is 5.56 Å². The Morgan fingerprint density at radius 3 is 3.00 bits per heavy atom. The molecule has 0 bridgehead atoms. The van der Waals surface area contributed by atoms with E-state index >= 15 is 0 Å². The first-order valence-corrected chi connectivity index (χ1v) is 6.41. The smallest absolute Gasteiger partial charge is 0.261 e. The largest absolute Gasteiger partial charge is 0.295 e. The average Bonchev–Trinajstić information content (AvgIpc) is 2.33. The van der Waals surface area contributed by atoms with Crippen molar-refractivity contribution in [3.8, 4) is 0 Å². The Kier molecular flexibility index (Phi) is 3.97. The molecule has 0 N–H and O–H groups in total. The molecule has 1 heterocycles. The van der Waals surface area contributed by atoms with Gasteiger partial charge in [-0.05, 0) is 18.2 Å². The van der Waals surface area contributed by atoms with Crippen LogP contribution in [0.5, 0.6) is 0 Å². The summed E-state index contributed by atoms with van der Waals surface area (Å²) in [7, 11) is 0. The second-order valence-corrected chi connectivity index (χ2v) is 4.71. The predicted octanol–water partition coefficient (Wildman–Crippen LogP) is 2.95. The molecule has 0 fully saturated rings. The molecule has 5 heteroatoms. The molecule has 2 rings (SSSR count). The van der Waals surface area contributed by atoms with Crippen molar-refractivity contribution >= 4 is 38.4 Å². The number of alkyl halides is 1. The molecule has 0 aliphatic heterocycles. The van der Waals surface area contributed by atoms with Crippen LogP contribution in [-0.2, 0) is 6.54 Å². The lowest BCUT2D eigenvalue weighted by Gasteiger charge is -2.03. The van der Waals surface area contributed by atoms with Crippen molar-refractivity contribution in [1.29, 1.82) is 0 Å². The lowest BCUT2D eigenvalue weighted by Crippen LogP contribution is -2.19. The van der Waals surface area contributed by atoms with E-state index in [0.29, 0.717) is 23.3 Å². The minimum atomic E-state index is -0.0458.